The van der Waals surface area contributed by atoms with E-state index >= 15 is 0 Å². The maximum atomic E-state index is 14.3. The molecule has 0 unspecified atom stereocenters. The zero-order chi connectivity index (χ0) is 20.3. The van der Waals surface area contributed by atoms with Crippen LogP contribution in [0.3, 0.4) is 0 Å². The third-order valence-electron chi connectivity index (χ3n) is 3.82. The fourth-order valence-corrected chi connectivity index (χ4v) is 2.91. The molecule has 2 aromatic carbocycles. The van der Waals surface area contributed by atoms with Crippen molar-refractivity contribution in [3.63, 3.8) is 0 Å². The number of ether oxygens (including phenoxy) is 1. The van der Waals surface area contributed by atoms with E-state index in [-0.39, 0.29) is 22.8 Å². The van der Waals surface area contributed by atoms with Gasteiger partial charge in [-0.1, -0.05) is 23.2 Å². The van der Waals surface area contributed by atoms with E-state index < -0.39 is 17.3 Å². The number of halogens is 3. The molecule has 0 saturated carbocycles. The van der Waals surface area contributed by atoms with Crippen LogP contribution in [-0.4, -0.2) is 22.8 Å². The predicted octanol–water partition coefficient (Wildman–Crippen LogP) is 4.00. The van der Waals surface area contributed by atoms with Crippen molar-refractivity contribution in [1.82, 2.24) is 9.78 Å². The monoisotopic (exact) mass is 421 g/mol. The molecule has 0 aliphatic heterocycles. The molecule has 144 valence electrons. The van der Waals surface area contributed by atoms with Crippen molar-refractivity contribution in [1.29, 1.82) is 0 Å². The van der Waals surface area contributed by atoms with Crippen LogP contribution in [0.4, 0.5) is 10.1 Å². The fourth-order valence-electron chi connectivity index (χ4n) is 2.45. The van der Waals surface area contributed by atoms with E-state index in [1.54, 1.807) is 18.2 Å². The maximum absolute atomic E-state index is 14.3. The van der Waals surface area contributed by atoms with E-state index in [1.165, 1.54) is 37.4 Å². The molecule has 28 heavy (non-hydrogen) atoms. The van der Waals surface area contributed by atoms with Crippen molar-refractivity contribution in [2.75, 3.05) is 12.4 Å². The molecule has 0 fully saturated rings. The van der Waals surface area contributed by atoms with E-state index in [9.17, 15) is 14.0 Å². The van der Waals surface area contributed by atoms with Crippen LogP contribution in [0.25, 0.3) is 11.3 Å². The number of rotatable bonds is 5. The second-order valence-corrected chi connectivity index (χ2v) is 6.58. The summed E-state index contributed by atoms with van der Waals surface area (Å²) >= 11 is 11.8. The molecular weight excluding hydrogens is 408 g/mol. The Morgan fingerprint density at radius 2 is 1.96 bits per heavy atom. The lowest BCUT2D eigenvalue weighted by molar-refractivity contribution is -0.117. The van der Waals surface area contributed by atoms with Crippen LogP contribution in [0.1, 0.15) is 0 Å². The molecule has 0 atom stereocenters. The Bertz CT molecular complexity index is 1100. The van der Waals surface area contributed by atoms with Gasteiger partial charge < -0.3 is 10.1 Å². The number of benzene rings is 2. The summed E-state index contributed by atoms with van der Waals surface area (Å²) < 4.78 is 20.2. The van der Waals surface area contributed by atoms with Crippen molar-refractivity contribution < 1.29 is 13.9 Å². The Morgan fingerprint density at radius 3 is 2.64 bits per heavy atom. The number of nitrogens with one attached hydrogen (secondary N) is 1. The third kappa shape index (κ3) is 4.49. The second kappa shape index (κ2) is 8.41. The van der Waals surface area contributed by atoms with Crippen LogP contribution in [0.15, 0.2) is 53.3 Å². The van der Waals surface area contributed by atoms with Crippen LogP contribution >= 0.6 is 23.2 Å². The molecule has 1 heterocycles. The van der Waals surface area contributed by atoms with E-state index in [0.29, 0.717) is 16.5 Å². The van der Waals surface area contributed by atoms with Gasteiger partial charge in [-0.25, -0.2) is 9.07 Å². The summed E-state index contributed by atoms with van der Waals surface area (Å²) in [4.78, 5) is 24.3. The van der Waals surface area contributed by atoms with Crippen molar-refractivity contribution in [2.24, 2.45) is 0 Å². The predicted molar refractivity (Wildman–Crippen MR) is 106 cm³/mol. The first-order chi connectivity index (χ1) is 13.4. The molecule has 1 aromatic heterocycles. The average Bonchev–Trinajstić information content (AvgIpc) is 2.66. The topological polar surface area (TPSA) is 73.2 Å². The lowest BCUT2D eigenvalue weighted by atomic mass is 10.1. The molecule has 3 rings (SSSR count). The van der Waals surface area contributed by atoms with E-state index in [1.807, 2.05) is 0 Å². The van der Waals surface area contributed by atoms with Gasteiger partial charge in [0.05, 0.1) is 23.5 Å². The zero-order valence-electron chi connectivity index (χ0n) is 14.6. The number of carbonyl (C=O) groups is 1. The van der Waals surface area contributed by atoms with Crippen LogP contribution in [0.2, 0.25) is 10.0 Å². The van der Waals surface area contributed by atoms with Gasteiger partial charge in [-0.05, 0) is 36.4 Å². The smallest absolute Gasteiger partial charge is 0.267 e. The Balaban J connectivity index is 1.83. The van der Waals surface area contributed by atoms with Gasteiger partial charge in [0.1, 0.15) is 18.1 Å². The number of anilines is 1. The summed E-state index contributed by atoms with van der Waals surface area (Å²) in [6.45, 7) is -0.372. The lowest BCUT2D eigenvalue weighted by Crippen LogP contribution is -2.29. The Labute approximate surface area is 169 Å². The summed E-state index contributed by atoms with van der Waals surface area (Å²) in [6, 6.07) is 11.5. The molecule has 1 amide bonds. The largest absolute Gasteiger partial charge is 0.497 e. The van der Waals surface area contributed by atoms with E-state index in [2.05, 4.69) is 10.4 Å². The van der Waals surface area contributed by atoms with Gasteiger partial charge in [0.2, 0.25) is 5.91 Å². The number of nitrogens with zero attached hydrogens (tertiary/aromatic N) is 2. The minimum absolute atomic E-state index is 0.177. The highest BCUT2D eigenvalue weighted by molar-refractivity contribution is 6.36. The second-order valence-electron chi connectivity index (χ2n) is 5.73. The Morgan fingerprint density at radius 1 is 1.18 bits per heavy atom. The summed E-state index contributed by atoms with van der Waals surface area (Å²) in [5.41, 5.74) is 0.226. The molecule has 6 nitrogen and oxygen atoms in total. The number of methoxy groups -OCH3 is 1. The highest BCUT2D eigenvalue weighted by atomic mass is 35.5. The highest BCUT2D eigenvalue weighted by Gasteiger charge is 2.13. The normalized spacial score (nSPS) is 10.6. The molecule has 1 N–H and O–H groups in total. The standard InChI is InChI=1S/C19H14Cl2FN3O3/c1-28-12-3-4-13(15(22)9-12)16-6-7-19(27)25(24-16)10-18(26)23-17-5-2-11(20)8-14(17)21/h2-9H,10H2,1H3,(H,23,26). The Kier molecular flexibility index (Phi) is 5.96. The molecule has 0 aliphatic carbocycles. The quantitative estimate of drug-likeness (QED) is 0.675. The summed E-state index contributed by atoms with van der Waals surface area (Å²) in [5.74, 6) is -0.727. The fraction of sp³-hybridized carbons (Fsp3) is 0.105. The van der Waals surface area contributed by atoms with Gasteiger partial charge in [0.25, 0.3) is 5.56 Å². The molecule has 0 bridgehead atoms. The number of hydrogen-bond acceptors (Lipinski definition) is 4. The van der Waals surface area contributed by atoms with Crippen molar-refractivity contribution in [3.8, 4) is 17.0 Å². The first-order valence-corrected chi connectivity index (χ1v) is 8.80. The molecule has 0 spiro atoms. The first-order valence-electron chi connectivity index (χ1n) is 8.04. The molecule has 3 aromatic rings. The zero-order valence-corrected chi connectivity index (χ0v) is 16.1. The molecule has 0 saturated heterocycles. The number of aromatic nitrogens is 2. The molecular formula is C19H14Cl2FN3O3. The van der Waals surface area contributed by atoms with Crippen LogP contribution < -0.4 is 15.6 Å². The SMILES string of the molecule is COc1ccc(-c2ccc(=O)n(CC(=O)Nc3ccc(Cl)cc3Cl)n2)c(F)c1. The van der Waals surface area contributed by atoms with Gasteiger partial charge in [0, 0.05) is 22.7 Å². The van der Waals surface area contributed by atoms with E-state index in [4.69, 9.17) is 27.9 Å². The van der Waals surface area contributed by atoms with Gasteiger partial charge in [0.15, 0.2) is 0 Å². The van der Waals surface area contributed by atoms with Crippen molar-refractivity contribution in [3.05, 3.63) is 74.7 Å². The van der Waals surface area contributed by atoms with Gasteiger partial charge in [-0.3, -0.25) is 9.59 Å². The molecule has 0 radical (unpaired) electrons. The van der Waals surface area contributed by atoms with E-state index in [0.717, 1.165) is 4.68 Å². The average molecular weight is 422 g/mol. The van der Waals surface area contributed by atoms with Crippen LogP contribution in [0.5, 0.6) is 5.75 Å². The van der Waals surface area contributed by atoms with Crippen LogP contribution in [-0.2, 0) is 11.3 Å². The van der Waals surface area contributed by atoms with Gasteiger partial charge in [-0.15, -0.1) is 0 Å². The third-order valence-corrected chi connectivity index (χ3v) is 4.37. The first kappa shape index (κ1) is 19.9. The number of hydrogen-bond donors (Lipinski definition) is 1. The minimum atomic E-state index is -0.561. The minimum Gasteiger partial charge on any atom is -0.497 e. The van der Waals surface area contributed by atoms with Crippen molar-refractivity contribution >= 4 is 34.8 Å². The molecule has 0 aliphatic rings. The Hall–Kier alpha value is -2.90. The molecule has 9 heteroatoms. The summed E-state index contributed by atoms with van der Waals surface area (Å²) in [7, 11) is 1.43. The number of amides is 1. The van der Waals surface area contributed by atoms with Gasteiger partial charge in [-0.2, -0.15) is 5.10 Å². The number of carbonyl (C=O) groups excluding carboxylic acids is 1. The summed E-state index contributed by atoms with van der Waals surface area (Å²) in [6.07, 6.45) is 0. The van der Waals surface area contributed by atoms with Crippen molar-refractivity contribution in [2.45, 2.75) is 6.54 Å². The maximum Gasteiger partial charge on any atom is 0.267 e. The van der Waals surface area contributed by atoms with Gasteiger partial charge >= 0.3 is 0 Å². The van der Waals surface area contributed by atoms with Crippen LogP contribution in [0, 0.1) is 5.82 Å². The highest BCUT2D eigenvalue weighted by Crippen LogP contribution is 2.26. The lowest BCUT2D eigenvalue weighted by Gasteiger charge is -2.10. The summed E-state index contributed by atoms with van der Waals surface area (Å²) in [5, 5.41) is 7.35.